The standard InChI is InChI=1S/C14H9F3N2OS/c1-6-7(2)21-14(9(6)5-18)19-13(20)8-3-10(15)12(17)11(16)4-8/h3-4H,1-2H3,(H,19,20). The van der Waals surface area contributed by atoms with Crippen molar-refractivity contribution in [2.24, 2.45) is 0 Å². The van der Waals surface area contributed by atoms with Crippen molar-refractivity contribution < 1.29 is 18.0 Å². The summed E-state index contributed by atoms with van der Waals surface area (Å²) in [5.74, 6) is -5.34. The Hall–Kier alpha value is -2.33. The number of thiophene rings is 1. The molecule has 1 amide bonds. The van der Waals surface area contributed by atoms with Gasteiger partial charge in [-0.15, -0.1) is 11.3 Å². The Balaban J connectivity index is 2.35. The second-order valence-electron chi connectivity index (χ2n) is 4.31. The quantitative estimate of drug-likeness (QED) is 0.855. The molecular weight excluding hydrogens is 301 g/mol. The Bertz CT molecular complexity index is 754. The van der Waals surface area contributed by atoms with Crippen molar-refractivity contribution in [1.82, 2.24) is 0 Å². The predicted octanol–water partition coefficient (Wildman–Crippen LogP) is 3.91. The Kier molecular flexibility index (Phi) is 4.00. The van der Waals surface area contributed by atoms with Crippen molar-refractivity contribution in [1.29, 1.82) is 5.26 Å². The van der Waals surface area contributed by atoms with Gasteiger partial charge in [0.15, 0.2) is 17.5 Å². The maximum absolute atomic E-state index is 13.1. The molecule has 0 fully saturated rings. The number of amides is 1. The lowest BCUT2D eigenvalue weighted by molar-refractivity contribution is 0.102. The van der Waals surface area contributed by atoms with Gasteiger partial charge in [0, 0.05) is 10.4 Å². The van der Waals surface area contributed by atoms with Crippen molar-refractivity contribution in [2.75, 3.05) is 5.32 Å². The molecule has 0 aliphatic rings. The number of nitrogens with one attached hydrogen (secondary N) is 1. The SMILES string of the molecule is Cc1sc(NC(=O)c2cc(F)c(F)c(F)c2)c(C#N)c1C. The van der Waals surface area contributed by atoms with Crippen LogP contribution in [0.4, 0.5) is 18.2 Å². The maximum atomic E-state index is 13.1. The zero-order valence-corrected chi connectivity index (χ0v) is 11.9. The van der Waals surface area contributed by atoms with Crippen LogP contribution >= 0.6 is 11.3 Å². The molecule has 7 heteroatoms. The second kappa shape index (κ2) is 5.58. The molecule has 0 bridgehead atoms. The number of aryl methyl sites for hydroxylation is 1. The van der Waals surface area contributed by atoms with E-state index in [9.17, 15) is 18.0 Å². The molecular formula is C14H9F3N2OS. The highest BCUT2D eigenvalue weighted by Gasteiger charge is 2.18. The maximum Gasteiger partial charge on any atom is 0.256 e. The normalized spacial score (nSPS) is 10.3. The van der Waals surface area contributed by atoms with Crippen LogP contribution in [0, 0.1) is 42.6 Å². The molecule has 1 aromatic heterocycles. The number of hydrogen-bond donors (Lipinski definition) is 1. The number of halogens is 3. The van der Waals surface area contributed by atoms with E-state index in [-0.39, 0.29) is 5.56 Å². The van der Waals surface area contributed by atoms with Crippen LogP contribution in [0.25, 0.3) is 0 Å². The fourth-order valence-corrected chi connectivity index (χ4v) is 2.72. The lowest BCUT2D eigenvalue weighted by Crippen LogP contribution is -2.13. The van der Waals surface area contributed by atoms with Gasteiger partial charge in [-0.3, -0.25) is 4.79 Å². The molecule has 1 aromatic carbocycles. The average Bonchev–Trinajstić information content (AvgIpc) is 2.70. The van der Waals surface area contributed by atoms with E-state index in [0.717, 1.165) is 10.4 Å². The summed E-state index contributed by atoms with van der Waals surface area (Å²) in [6.07, 6.45) is 0. The summed E-state index contributed by atoms with van der Waals surface area (Å²) in [6, 6.07) is 3.17. The van der Waals surface area contributed by atoms with Crippen LogP contribution in [-0.2, 0) is 0 Å². The largest absolute Gasteiger partial charge is 0.312 e. The summed E-state index contributed by atoms with van der Waals surface area (Å²) < 4.78 is 39.1. The van der Waals surface area contributed by atoms with E-state index in [2.05, 4.69) is 5.32 Å². The van der Waals surface area contributed by atoms with Crippen LogP contribution in [0.1, 0.15) is 26.4 Å². The Labute approximate surface area is 122 Å². The molecule has 1 N–H and O–H groups in total. The van der Waals surface area contributed by atoms with Crippen LogP contribution < -0.4 is 5.32 Å². The van der Waals surface area contributed by atoms with Gasteiger partial charge < -0.3 is 5.32 Å². The molecule has 0 atom stereocenters. The third kappa shape index (κ3) is 2.76. The number of nitrogens with zero attached hydrogens (tertiary/aromatic N) is 1. The van der Waals surface area contributed by atoms with Gasteiger partial charge in [-0.05, 0) is 31.5 Å². The summed E-state index contributed by atoms with van der Waals surface area (Å²) in [5.41, 5.74) is 0.669. The fraction of sp³-hybridized carbons (Fsp3) is 0.143. The minimum Gasteiger partial charge on any atom is -0.312 e. The van der Waals surface area contributed by atoms with Crippen LogP contribution in [0.15, 0.2) is 12.1 Å². The zero-order valence-electron chi connectivity index (χ0n) is 11.1. The van der Waals surface area contributed by atoms with E-state index >= 15 is 0 Å². The van der Waals surface area contributed by atoms with Gasteiger partial charge in [-0.2, -0.15) is 5.26 Å². The summed E-state index contributed by atoms with van der Waals surface area (Å²) in [7, 11) is 0. The summed E-state index contributed by atoms with van der Waals surface area (Å²) >= 11 is 1.18. The molecule has 0 unspecified atom stereocenters. The van der Waals surface area contributed by atoms with Crippen molar-refractivity contribution in [3.8, 4) is 6.07 Å². The number of carbonyl (C=O) groups excluding carboxylic acids is 1. The smallest absolute Gasteiger partial charge is 0.256 e. The van der Waals surface area contributed by atoms with Crippen molar-refractivity contribution in [3.05, 3.63) is 51.2 Å². The summed E-state index contributed by atoms with van der Waals surface area (Å²) in [6.45, 7) is 3.52. The number of benzene rings is 1. The van der Waals surface area contributed by atoms with Gasteiger partial charge in [0.1, 0.15) is 11.1 Å². The predicted molar refractivity (Wildman–Crippen MR) is 72.8 cm³/mol. The molecule has 0 radical (unpaired) electrons. The van der Waals surface area contributed by atoms with Gasteiger partial charge in [-0.1, -0.05) is 0 Å². The first-order valence-electron chi connectivity index (χ1n) is 5.81. The summed E-state index contributed by atoms with van der Waals surface area (Å²) in [4.78, 5) is 12.8. The van der Waals surface area contributed by atoms with Crippen LogP contribution in [0.2, 0.25) is 0 Å². The third-order valence-corrected chi connectivity index (χ3v) is 4.09. The Morgan fingerprint density at radius 1 is 1.24 bits per heavy atom. The molecule has 0 spiro atoms. The molecule has 0 saturated carbocycles. The van der Waals surface area contributed by atoms with E-state index in [1.165, 1.54) is 11.3 Å². The van der Waals surface area contributed by atoms with Crippen LogP contribution in [-0.4, -0.2) is 5.91 Å². The minimum atomic E-state index is -1.63. The highest BCUT2D eigenvalue weighted by molar-refractivity contribution is 7.16. The van der Waals surface area contributed by atoms with E-state index in [0.29, 0.717) is 22.7 Å². The molecule has 0 aliphatic heterocycles. The third-order valence-electron chi connectivity index (χ3n) is 2.97. The molecule has 0 saturated heterocycles. The van der Waals surface area contributed by atoms with E-state index in [1.807, 2.05) is 6.07 Å². The van der Waals surface area contributed by atoms with Gasteiger partial charge in [0.25, 0.3) is 5.91 Å². The molecule has 3 nitrogen and oxygen atoms in total. The fourth-order valence-electron chi connectivity index (χ4n) is 1.71. The van der Waals surface area contributed by atoms with E-state index < -0.39 is 23.4 Å². The number of rotatable bonds is 2. The van der Waals surface area contributed by atoms with E-state index in [4.69, 9.17) is 5.26 Å². The van der Waals surface area contributed by atoms with Crippen molar-refractivity contribution in [3.63, 3.8) is 0 Å². The second-order valence-corrected chi connectivity index (χ2v) is 5.53. The topological polar surface area (TPSA) is 52.9 Å². The number of nitriles is 1. The molecule has 21 heavy (non-hydrogen) atoms. The van der Waals surface area contributed by atoms with Gasteiger partial charge in [-0.25, -0.2) is 13.2 Å². The zero-order chi connectivity index (χ0) is 15.7. The minimum absolute atomic E-state index is 0.294. The number of carbonyl (C=O) groups is 1. The molecule has 2 rings (SSSR count). The van der Waals surface area contributed by atoms with Gasteiger partial charge in [0.2, 0.25) is 0 Å². The Morgan fingerprint density at radius 2 is 1.81 bits per heavy atom. The molecule has 2 aromatic rings. The Morgan fingerprint density at radius 3 is 2.33 bits per heavy atom. The average molecular weight is 310 g/mol. The van der Waals surface area contributed by atoms with Gasteiger partial charge in [0.05, 0.1) is 5.56 Å². The van der Waals surface area contributed by atoms with E-state index in [1.54, 1.807) is 13.8 Å². The first-order valence-corrected chi connectivity index (χ1v) is 6.62. The first-order chi connectivity index (χ1) is 9.85. The van der Waals surface area contributed by atoms with Gasteiger partial charge >= 0.3 is 0 Å². The molecule has 1 heterocycles. The van der Waals surface area contributed by atoms with Crippen LogP contribution in [0.5, 0.6) is 0 Å². The van der Waals surface area contributed by atoms with Crippen molar-refractivity contribution >= 4 is 22.2 Å². The number of hydrogen-bond acceptors (Lipinski definition) is 3. The summed E-state index contributed by atoms with van der Waals surface area (Å²) in [5, 5.41) is 11.8. The molecule has 0 aliphatic carbocycles. The lowest BCUT2D eigenvalue weighted by atomic mass is 10.1. The highest BCUT2D eigenvalue weighted by atomic mass is 32.1. The molecule has 108 valence electrons. The highest BCUT2D eigenvalue weighted by Crippen LogP contribution is 2.32. The lowest BCUT2D eigenvalue weighted by Gasteiger charge is -2.05. The number of anilines is 1. The monoisotopic (exact) mass is 310 g/mol. The first kappa shape index (κ1) is 15.1. The van der Waals surface area contributed by atoms with Crippen LogP contribution in [0.3, 0.4) is 0 Å². The van der Waals surface area contributed by atoms with Crippen molar-refractivity contribution in [2.45, 2.75) is 13.8 Å².